The number of aromatic nitrogens is 1. The minimum absolute atomic E-state index is 0.377. The average Bonchev–Trinajstić information content (AvgIpc) is 3.08. The first kappa shape index (κ1) is 13.5. The minimum atomic E-state index is 0.377. The van der Waals surface area contributed by atoms with Crippen LogP contribution in [-0.2, 0) is 6.61 Å². The number of aryl methyl sites for hydroxylation is 3. The molecule has 4 nitrogen and oxygen atoms in total. The van der Waals surface area contributed by atoms with Gasteiger partial charge in [0, 0.05) is 0 Å². The van der Waals surface area contributed by atoms with Crippen LogP contribution in [0.1, 0.15) is 22.6 Å². The van der Waals surface area contributed by atoms with Gasteiger partial charge in [-0.2, -0.15) is 0 Å². The van der Waals surface area contributed by atoms with Crippen LogP contribution < -0.4 is 4.74 Å². The van der Waals surface area contributed by atoms with Crippen molar-refractivity contribution in [3.8, 4) is 17.4 Å². The number of benzene rings is 1. The van der Waals surface area contributed by atoms with Gasteiger partial charge in [0.05, 0.1) is 6.26 Å². The van der Waals surface area contributed by atoms with Crippen LogP contribution in [0.3, 0.4) is 0 Å². The molecule has 0 aliphatic heterocycles. The van der Waals surface area contributed by atoms with E-state index < -0.39 is 0 Å². The predicted molar refractivity (Wildman–Crippen MR) is 79.2 cm³/mol. The van der Waals surface area contributed by atoms with Gasteiger partial charge in [-0.25, -0.2) is 4.98 Å². The van der Waals surface area contributed by atoms with Crippen molar-refractivity contribution in [2.45, 2.75) is 27.4 Å². The highest BCUT2D eigenvalue weighted by atomic mass is 16.5. The van der Waals surface area contributed by atoms with Crippen molar-refractivity contribution >= 4 is 0 Å². The molecule has 2 aromatic heterocycles. The monoisotopic (exact) mass is 283 g/mol. The summed E-state index contributed by atoms with van der Waals surface area (Å²) in [6.45, 7) is 6.32. The van der Waals surface area contributed by atoms with Crippen LogP contribution in [0.5, 0.6) is 5.75 Å². The predicted octanol–water partition coefficient (Wildman–Crippen LogP) is 4.44. The SMILES string of the molecule is Cc1cccc(C)c1OCc1nc(-c2ccco2)oc1C. The summed E-state index contributed by atoms with van der Waals surface area (Å²) < 4.78 is 16.8. The zero-order valence-corrected chi connectivity index (χ0v) is 12.3. The fraction of sp³-hybridized carbons (Fsp3) is 0.235. The lowest BCUT2D eigenvalue weighted by Gasteiger charge is -2.10. The molecule has 0 saturated heterocycles. The number of furan rings is 1. The quantitative estimate of drug-likeness (QED) is 0.710. The molecule has 108 valence electrons. The Kier molecular flexibility index (Phi) is 3.52. The molecular weight excluding hydrogens is 266 g/mol. The first-order chi connectivity index (χ1) is 10.1. The maximum absolute atomic E-state index is 5.91. The standard InChI is InChI=1S/C17H17NO3/c1-11-6-4-7-12(2)16(11)20-10-14-13(3)21-17(18-14)15-8-5-9-19-15/h4-9H,10H2,1-3H3. The molecule has 0 radical (unpaired) electrons. The lowest BCUT2D eigenvalue weighted by molar-refractivity contribution is 0.295. The Morgan fingerprint density at radius 3 is 2.48 bits per heavy atom. The van der Waals surface area contributed by atoms with Crippen molar-refractivity contribution in [1.29, 1.82) is 0 Å². The van der Waals surface area contributed by atoms with Gasteiger partial charge in [0.2, 0.25) is 0 Å². The molecule has 3 aromatic rings. The lowest BCUT2D eigenvalue weighted by atomic mass is 10.1. The van der Waals surface area contributed by atoms with Crippen LogP contribution in [0.4, 0.5) is 0 Å². The third kappa shape index (κ3) is 2.70. The summed E-state index contributed by atoms with van der Waals surface area (Å²) in [6.07, 6.45) is 1.60. The third-order valence-corrected chi connectivity index (χ3v) is 3.39. The van der Waals surface area contributed by atoms with Gasteiger partial charge < -0.3 is 13.6 Å². The highest BCUT2D eigenvalue weighted by Crippen LogP contribution is 2.26. The second-order valence-electron chi connectivity index (χ2n) is 5.01. The smallest absolute Gasteiger partial charge is 0.263 e. The Balaban J connectivity index is 1.80. The number of hydrogen-bond donors (Lipinski definition) is 0. The molecule has 0 fully saturated rings. The summed E-state index contributed by atoms with van der Waals surface area (Å²) in [5.74, 6) is 2.75. The van der Waals surface area contributed by atoms with E-state index in [1.165, 1.54) is 0 Å². The molecule has 0 unspecified atom stereocenters. The maximum atomic E-state index is 5.91. The first-order valence-electron chi connectivity index (χ1n) is 6.84. The van der Waals surface area contributed by atoms with Crippen molar-refractivity contribution in [3.63, 3.8) is 0 Å². The summed E-state index contributed by atoms with van der Waals surface area (Å²) in [5.41, 5.74) is 3.01. The van der Waals surface area contributed by atoms with Gasteiger partial charge in [-0.15, -0.1) is 0 Å². The summed E-state index contributed by atoms with van der Waals surface area (Å²) in [5, 5.41) is 0. The van der Waals surface area contributed by atoms with E-state index in [0.717, 1.165) is 28.3 Å². The summed E-state index contributed by atoms with van der Waals surface area (Å²) in [4.78, 5) is 4.44. The van der Waals surface area contributed by atoms with E-state index in [0.29, 0.717) is 18.3 Å². The van der Waals surface area contributed by atoms with E-state index in [2.05, 4.69) is 4.98 Å². The molecule has 0 aliphatic rings. The van der Waals surface area contributed by atoms with Gasteiger partial charge in [-0.3, -0.25) is 0 Å². The molecule has 0 amide bonds. The Bertz CT molecular complexity index is 721. The second kappa shape index (κ2) is 5.48. The molecule has 1 aromatic carbocycles. The van der Waals surface area contributed by atoms with E-state index in [1.807, 2.05) is 51.1 Å². The number of oxazole rings is 1. The molecule has 0 aliphatic carbocycles. The van der Waals surface area contributed by atoms with E-state index in [-0.39, 0.29) is 0 Å². The van der Waals surface area contributed by atoms with Crippen molar-refractivity contribution < 1.29 is 13.6 Å². The van der Waals surface area contributed by atoms with Crippen molar-refractivity contribution in [3.05, 3.63) is 59.2 Å². The molecule has 0 bridgehead atoms. The largest absolute Gasteiger partial charge is 0.487 e. The highest BCUT2D eigenvalue weighted by molar-refractivity contribution is 5.45. The zero-order valence-electron chi connectivity index (χ0n) is 12.3. The molecular formula is C17H17NO3. The molecule has 3 rings (SSSR count). The fourth-order valence-corrected chi connectivity index (χ4v) is 2.23. The molecule has 0 N–H and O–H groups in total. The van der Waals surface area contributed by atoms with Crippen molar-refractivity contribution in [2.24, 2.45) is 0 Å². The third-order valence-electron chi connectivity index (χ3n) is 3.39. The van der Waals surface area contributed by atoms with Crippen LogP contribution in [0.15, 0.2) is 45.4 Å². The highest BCUT2D eigenvalue weighted by Gasteiger charge is 2.14. The normalized spacial score (nSPS) is 10.8. The maximum Gasteiger partial charge on any atom is 0.263 e. The van der Waals surface area contributed by atoms with Crippen molar-refractivity contribution in [1.82, 2.24) is 4.98 Å². The van der Waals surface area contributed by atoms with Gasteiger partial charge >= 0.3 is 0 Å². The Morgan fingerprint density at radius 2 is 1.81 bits per heavy atom. The van der Waals surface area contributed by atoms with E-state index >= 15 is 0 Å². The molecule has 21 heavy (non-hydrogen) atoms. The van der Waals surface area contributed by atoms with Crippen LogP contribution in [0, 0.1) is 20.8 Å². The van der Waals surface area contributed by atoms with E-state index in [1.54, 1.807) is 6.26 Å². The van der Waals surface area contributed by atoms with Gasteiger partial charge in [-0.05, 0) is 44.0 Å². The molecule has 0 spiro atoms. The topological polar surface area (TPSA) is 48.4 Å². The van der Waals surface area contributed by atoms with Crippen LogP contribution >= 0.6 is 0 Å². The summed E-state index contributed by atoms with van der Waals surface area (Å²) in [7, 11) is 0. The number of rotatable bonds is 4. The number of ether oxygens (including phenoxy) is 1. The number of nitrogens with zero attached hydrogens (tertiary/aromatic N) is 1. The Labute approximate surface area is 123 Å². The lowest BCUT2D eigenvalue weighted by Crippen LogP contribution is -2.00. The number of hydrogen-bond acceptors (Lipinski definition) is 4. The van der Waals surface area contributed by atoms with Crippen LogP contribution in [0.2, 0.25) is 0 Å². The second-order valence-corrected chi connectivity index (χ2v) is 5.01. The molecule has 0 atom stereocenters. The minimum Gasteiger partial charge on any atom is -0.487 e. The Hall–Kier alpha value is -2.49. The van der Waals surface area contributed by atoms with Gasteiger partial charge in [0.25, 0.3) is 5.89 Å². The van der Waals surface area contributed by atoms with Gasteiger partial charge in [-0.1, -0.05) is 18.2 Å². The van der Waals surface area contributed by atoms with Crippen LogP contribution in [-0.4, -0.2) is 4.98 Å². The summed E-state index contributed by atoms with van der Waals surface area (Å²) in [6, 6.07) is 9.72. The average molecular weight is 283 g/mol. The fourth-order valence-electron chi connectivity index (χ4n) is 2.23. The van der Waals surface area contributed by atoms with E-state index in [4.69, 9.17) is 13.6 Å². The Morgan fingerprint density at radius 1 is 1.05 bits per heavy atom. The van der Waals surface area contributed by atoms with Crippen molar-refractivity contribution in [2.75, 3.05) is 0 Å². The van der Waals surface area contributed by atoms with Gasteiger partial charge in [0.15, 0.2) is 5.76 Å². The summed E-state index contributed by atoms with van der Waals surface area (Å²) >= 11 is 0. The van der Waals surface area contributed by atoms with E-state index in [9.17, 15) is 0 Å². The first-order valence-corrected chi connectivity index (χ1v) is 6.84. The molecule has 2 heterocycles. The molecule has 4 heteroatoms. The number of para-hydroxylation sites is 1. The van der Waals surface area contributed by atoms with Crippen LogP contribution in [0.25, 0.3) is 11.7 Å². The van der Waals surface area contributed by atoms with Gasteiger partial charge in [0.1, 0.15) is 23.8 Å². The zero-order chi connectivity index (χ0) is 14.8. The molecule has 0 saturated carbocycles.